The summed E-state index contributed by atoms with van der Waals surface area (Å²) in [5.74, 6) is 0. The molecule has 0 spiro atoms. The summed E-state index contributed by atoms with van der Waals surface area (Å²) in [5.41, 5.74) is -0.202. The molecule has 1 aromatic carbocycles. The molecule has 2 rings (SSSR count). The lowest BCUT2D eigenvalue weighted by Gasteiger charge is -2.23. The highest BCUT2D eigenvalue weighted by atomic mass is 79.9. The first-order chi connectivity index (χ1) is 8.97. The SMILES string of the molecule is FC(F)(F)c1ccc(Br)c(NCC2CCCCO2)c1. The van der Waals surface area contributed by atoms with Gasteiger partial charge in [0.2, 0.25) is 0 Å². The van der Waals surface area contributed by atoms with Crippen LogP contribution >= 0.6 is 15.9 Å². The van der Waals surface area contributed by atoms with Crippen LogP contribution in [-0.4, -0.2) is 19.3 Å². The van der Waals surface area contributed by atoms with Gasteiger partial charge < -0.3 is 10.1 Å². The smallest absolute Gasteiger partial charge is 0.382 e. The molecule has 1 unspecified atom stereocenters. The second kappa shape index (κ2) is 6.13. The highest BCUT2D eigenvalue weighted by molar-refractivity contribution is 9.10. The molecule has 1 atom stereocenters. The number of anilines is 1. The Morgan fingerprint density at radius 1 is 1.32 bits per heavy atom. The Hall–Kier alpha value is -0.750. The van der Waals surface area contributed by atoms with Crippen LogP contribution in [0.4, 0.5) is 18.9 Å². The first-order valence-corrected chi connectivity index (χ1v) is 6.98. The fraction of sp³-hybridized carbons (Fsp3) is 0.538. The molecule has 0 aliphatic carbocycles. The summed E-state index contributed by atoms with van der Waals surface area (Å²) in [5, 5.41) is 3.02. The Balaban J connectivity index is 2.02. The van der Waals surface area contributed by atoms with E-state index in [0.717, 1.165) is 38.0 Å². The van der Waals surface area contributed by atoms with Gasteiger partial charge in [0.25, 0.3) is 0 Å². The number of benzene rings is 1. The molecule has 1 fully saturated rings. The average Bonchev–Trinajstić information content (AvgIpc) is 2.37. The predicted molar refractivity (Wildman–Crippen MR) is 71.2 cm³/mol. The number of halogens is 4. The zero-order chi connectivity index (χ0) is 13.9. The predicted octanol–water partition coefficient (Wildman–Crippen LogP) is 4.45. The molecule has 19 heavy (non-hydrogen) atoms. The Kier molecular flexibility index (Phi) is 4.73. The normalized spacial score (nSPS) is 20.3. The van der Waals surface area contributed by atoms with Crippen LogP contribution in [0.1, 0.15) is 24.8 Å². The lowest BCUT2D eigenvalue weighted by molar-refractivity contribution is -0.137. The molecule has 1 saturated heterocycles. The summed E-state index contributed by atoms with van der Waals surface area (Å²) >= 11 is 3.25. The molecule has 1 heterocycles. The van der Waals surface area contributed by atoms with Gasteiger partial charge in [0.15, 0.2) is 0 Å². The van der Waals surface area contributed by atoms with Gasteiger partial charge in [-0.3, -0.25) is 0 Å². The highest BCUT2D eigenvalue weighted by Crippen LogP contribution is 2.34. The molecule has 0 radical (unpaired) electrons. The number of alkyl halides is 3. The van der Waals surface area contributed by atoms with Crippen molar-refractivity contribution in [2.24, 2.45) is 0 Å². The Bertz CT molecular complexity index is 430. The maximum absolute atomic E-state index is 12.6. The van der Waals surface area contributed by atoms with Crippen molar-refractivity contribution in [2.75, 3.05) is 18.5 Å². The second-order valence-corrected chi connectivity index (χ2v) is 5.42. The zero-order valence-electron chi connectivity index (χ0n) is 10.3. The van der Waals surface area contributed by atoms with Gasteiger partial charge in [-0.25, -0.2) is 0 Å². The van der Waals surface area contributed by atoms with E-state index in [4.69, 9.17) is 4.74 Å². The van der Waals surface area contributed by atoms with Crippen molar-refractivity contribution < 1.29 is 17.9 Å². The van der Waals surface area contributed by atoms with Crippen LogP contribution in [-0.2, 0) is 10.9 Å². The lowest BCUT2D eigenvalue weighted by Crippen LogP contribution is -2.27. The van der Waals surface area contributed by atoms with Crippen LogP contribution in [0.5, 0.6) is 0 Å². The van der Waals surface area contributed by atoms with E-state index < -0.39 is 11.7 Å². The molecule has 0 aromatic heterocycles. The Labute approximate surface area is 118 Å². The maximum Gasteiger partial charge on any atom is 0.416 e. The van der Waals surface area contributed by atoms with Crippen LogP contribution in [0.15, 0.2) is 22.7 Å². The highest BCUT2D eigenvalue weighted by Gasteiger charge is 2.31. The standard InChI is InChI=1S/C13H15BrF3NO/c14-11-5-4-9(13(15,16)17)7-12(11)18-8-10-3-1-2-6-19-10/h4-5,7,10,18H,1-3,6,8H2. The first kappa shape index (κ1) is 14.7. The molecular weight excluding hydrogens is 323 g/mol. The van der Waals surface area contributed by atoms with E-state index in [1.807, 2.05) is 0 Å². The molecule has 6 heteroatoms. The fourth-order valence-electron chi connectivity index (χ4n) is 2.03. The van der Waals surface area contributed by atoms with Gasteiger partial charge in [-0.2, -0.15) is 13.2 Å². The molecule has 2 nitrogen and oxygen atoms in total. The zero-order valence-corrected chi connectivity index (χ0v) is 11.9. The maximum atomic E-state index is 12.6. The van der Waals surface area contributed by atoms with E-state index in [1.54, 1.807) is 0 Å². The molecule has 1 aromatic rings. The van der Waals surface area contributed by atoms with E-state index in [9.17, 15) is 13.2 Å². The molecular formula is C13H15BrF3NO. The fourth-order valence-corrected chi connectivity index (χ4v) is 2.42. The summed E-state index contributed by atoms with van der Waals surface area (Å²) < 4.78 is 44.0. The summed E-state index contributed by atoms with van der Waals surface area (Å²) in [6.07, 6.45) is -1.13. The molecule has 0 amide bonds. The van der Waals surface area contributed by atoms with Crippen molar-refractivity contribution in [2.45, 2.75) is 31.5 Å². The van der Waals surface area contributed by atoms with Crippen LogP contribution in [0, 0.1) is 0 Å². The number of ether oxygens (including phenoxy) is 1. The second-order valence-electron chi connectivity index (χ2n) is 4.56. The monoisotopic (exact) mass is 337 g/mol. The van der Waals surface area contributed by atoms with E-state index in [-0.39, 0.29) is 6.10 Å². The number of hydrogen-bond acceptors (Lipinski definition) is 2. The van der Waals surface area contributed by atoms with Crippen LogP contribution in [0.25, 0.3) is 0 Å². The molecule has 1 aliphatic heterocycles. The summed E-state index contributed by atoms with van der Waals surface area (Å²) in [6, 6.07) is 3.59. The third-order valence-electron chi connectivity index (χ3n) is 3.09. The average molecular weight is 338 g/mol. The third kappa shape index (κ3) is 4.11. The van der Waals surface area contributed by atoms with Crippen LogP contribution in [0.3, 0.4) is 0 Å². The van der Waals surface area contributed by atoms with Gasteiger partial charge in [-0.15, -0.1) is 0 Å². The van der Waals surface area contributed by atoms with Gasteiger partial charge in [0.1, 0.15) is 0 Å². The lowest BCUT2D eigenvalue weighted by atomic mass is 10.1. The van der Waals surface area contributed by atoms with Gasteiger partial charge in [0, 0.05) is 23.3 Å². The number of nitrogens with one attached hydrogen (secondary N) is 1. The van der Waals surface area contributed by atoms with Gasteiger partial charge in [-0.1, -0.05) is 0 Å². The minimum Gasteiger partial charge on any atom is -0.382 e. The van der Waals surface area contributed by atoms with Crippen molar-refractivity contribution in [3.63, 3.8) is 0 Å². The Morgan fingerprint density at radius 2 is 2.11 bits per heavy atom. The number of hydrogen-bond donors (Lipinski definition) is 1. The van der Waals surface area contributed by atoms with Crippen molar-refractivity contribution in [3.05, 3.63) is 28.2 Å². The van der Waals surface area contributed by atoms with Crippen molar-refractivity contribution in [1.29, 1.82) is 0 Å². The van der Waals surface area contributed by atoms with Crippen molar-refractivity contribution in [3.8, 4) is 0 Å². The molecule has 1 aliphatic rings. The molecule has 1 N–H and O–H groups in total. The van der Waals surface area contributed by atoms with E-state index in [0.29, 0.717) is 16.7 Å². The Morgan fingerprint density at radius 3 is 2.74 bits per heavy atom. The topological polar surface area (TPSA) is 21.3 Å². The first-order valence-electron chi connectivity index (χ1n) is 6.19. The summed E-state index contributed by atoms with van der Waals surface area (Å²) in [7, 11) is 0. The van der Waals surface area contributed by atoms with Crippen molar-refractivity contribution >= 4 is 21.6 Å². The van der Waals surface area contributed by atoms with Crippen LogP contribution < -0.4 is 5.32 Å². The van der Waals surface area contributed by atoms with Gasteiger partial charge in [0.05, 0.1) is 11.7 Å². The van der Waals surface area contributed by atoms with Crippen LogP contribution in [0.2, 0.25) is 0 Å². The van der Waals surface area contributed by atoms with E-state index >= 15 is 0 Å². The molecule has 0 saturated carbocycles. The van der Waals surface area contributed by atoms with E-state index in [1.165, 1.54) is 6.07 Å². The third-order valence-corrected chi connectivity index (χ3v) is 3.78. The minimum atomic E-state index is -4.32. The molecule has 106 valence electrons. The number of rotatable bonds is 3. The summed E-state index contributed by atoms with van der Waals surface area (Å²) in [4.78, 5) is 0. The van der Waals surface area contributed by atoms with E-state index in [2.05, 4.69) is 21.2 Å². The van der Waals surface area contributed by atoms with Gasteiger partial charge >= 0.3 is 6.18 Å². The van der Waals surface area contributed by atoms with Crippen molar-refractivity contribution in [1.82, 2.24) is 0 Å². The largest absolute Gasteiger partial charge is 0.416 e. The summed E-state index contributed by atoms with van der Waals surface area (Å²) in [6.45, 7) is 1.26. The van der Waals surface area contributed by atoms with Gasteiger partial charge in [-0.05, 0) is 53.4 Å². The minimum absolute atomic E-state index is 0.0789. The molecule has 0 bridgehead atoms. The quantitative estimate of drug-likeness (QED) is 0.879.